The highest BCUT2D eigenvalue weighted by molar-refractivity contribution is 5.94. The number of carbonyl (C=O) groups excluding carboxylic acids is 2. The second-order valence-corrected chi connectivity index (χ2v) is 4.89. The number of nitrogens with two attached hydrogens (primary N) is 1. The molecule has 0 aliphatic heterocycles. The summed E-state index contributed by atoms with van der Waals surface area (Å²) in [7, 11) is 1.84. The number of nitrogens with zero attached hydrogens (tertiary/aromatic N) is 2. The maximum Gasteiger partial charge on any atom is 0.268 e. The molecule has 0 atom stereocenters. The van der Waals surface area contributed by atoms with Crippen molar-refractivity contribution >= 4 is 11.8 Å². The van der Waals surface area contributed by atoms with Gasteiger partial charge in [-0.05, 0) is 33.9 Å². The molecule has 7 heteroatoms. The third-order valence-corrected chi connectivity index (χ3v) is 3.29. The van der Waals surface area contributed by atoms with Crippen LogP contribution in [0.3, 0.4) is 0 Å². The lowest BCUT2D eigenvalue weighted by Gasteiger charge is -2.22. The zero-order chi connectivity index (χ0) is 16.0. The Morgan fingerprint density at radius 3 is 2.48 bits per heavy atom. The van der Waals surface area contributed by atoms with E-state index in [2.05, 4.69) is 5.43 Å². The molecule has 1 aromatic rings. The second kappa shape index (κ2) is 7.80. The predicted molar refractivity (Wildman–Crippen MR) is 79.4 cm³/mol. The van der Waals surface area contributed by atoms with Gasteiger partial charge in [-0.25, -0.2) is 5.84 Å². The van der Waals surface area contributed by atoms with Crippen LogP contribution in [0, 0.1) is 6.92 Å². The molecule has 0 saturated carbocycles. The van der Waals surface area contributed by atoms with Gasteiger partial charge in [-0.2, -0.15) is 0 Å². The maximum atomic E-state index is 12.0. The predicted octanol–water partition coefficient (Wildman–Crippen LogP) is 0.492. The van der Waals surface area contributed by atoms with E-state index in [0.29, 0.717) is 43.3 Å². The summed E-state index contributed by atoms with van der Waals surface area (Å²) >= 11 is 0. The lowest BCUT2D eigenvalue weighted by atomic mass is 10.2. The van der Waals surface area contributed by atoms with E-state index in [4.69, 9.17) is 10.3 Å². The minimum Gasteiger partial charge on any atom is -0.464 e. The number of likely N-dealkylation sites (N-methyl/N-ethyl adjacent to an activating group) is 2. The Hall–Kier alpha value is -1.86. The molecule has 118 valence electrons. The average molecular weight is 296 g/mol. The number of amides is 2. The van der Waals surface area contributed by atoms with Crippen LogP contribution in [0.1, 0.15) is 35.7 Å². The van der Waals surface area contributed by atoms with Crippen LogP contribution in [-0.4, -0.2) is 48.3 Å². The van der Waals surface area contributed by atoms with Crippen molar-refractivity contribution < 1.29 is 14.0 Å². The Morgan fingerprint density at radius 2 is 1.95 bits per heavy atom. The quantitative estimate of drug-likeness (QED) is 0.434. The molecule has 0 spiro atoms. The van der Waals surface area contributed by atoms with Crippen LogP contribution in [0.4, 0.5) is 0 Å². The van der Waals surface area contributed by atoms with Crippen molar-refractivity contribution in [2.75, 3.05) is 26.7 Å². The molecule has 1 rings (SSSR count). The van der Waals surface area contributed by atoms with Gasteiger partial charge in [0.25, 0.3) is 5.91 Å². The van der Waals surface area contributed by atoms with Crippen molar-refractivity contribution in [1.82, 2.24) is 15.2 Å². The zero-order valence-corrected chi connectivity index (χ0v) is 13.1. The maximum absolute atomic E-state index is 12.0. The van der Waals surface area contributed by atoms with E-state index in [9.17, 15) is 9.59 Å². The Labute approximate surface area is 125 Å². The lowest BCUT2D eigenvalue weighted by molar-refractivity contribution is -0.131. The Kier molecular flexibility index (Phi) is 6.39. The Morgan fingerprint density at radius 1 is 1.33 bits per heavy atom. The van der Waals surface area contributed by atoms with E-state index < -0.39 is 0 Å². The van der Waals surface area contributed by atoms with Gasteiger partial charge in [0.2, 0.25) is 5.91 Å². The number of furan rings is 1. The highest BCUT2D eigenvalue weighted by Gasteiger charge is 2.17. The van der Waals surface area contributed by atoms with Gasteiger partial charge in [0, 0.05) is 13.1 Å². The lowest BCUT2D eigenvalue weighted by Crippen LogP contribution is -2.38. The van der Waals surface area contributed by atoms with E-state index >= 15 is 0 Å². The Bertz CT molecular complexity index is 494. The van der Waals surface area contributed by atoms with Crippen LogP contribution in [-0.2, 0) is 11.3 Å². The highest BCUT2D eigenvalue weighted by Crippen LogP contribution is 2.15. The molecule has 0 unspecified atom stereocenters. The number of nitrogens with one attached hydrogen (secondary N) is 1. The van der Waals surface area contributed by atoms with Crippen LogP contribution >= 0.6 is 0 Å². The van der Waals surface area contributed by atoms with Crippen molar-refractivity contribution in [3.8, 4) is 0 Å². The number of carbonyl (C=O) groups is 2. The van der Waals surface area contributed by atoms with Crippen molar-refractivity contribution in [3.63, 3.8) is 0 Å². The number of hydrogen-bond acceptors (Lipinski definition) is 5. The largest absolute Gasteiger partial charge is 0.464 e. The molecule has 0 aliphatic carbocycles. The first-order valence-electron chi connectivity index (χ1n) is 6.99. The molecule has 7 nitrogen and oxygen atoms in total. The van der Waals surface area contributed by atoms with Crippen LogP contribution in [0.2, 0.25) is 0 Å². The minimum absolute atomic E-state index is 0.0747. The van der Waals surface area contributed by atoms with Gasteiger partial charge in [0.15, 0.2) is 0 Å². The molecule has 0 radical (unpaired) electrons. The van der Waals surface area contributed by atoms with Gasteiger partial charge in [-0.3, -0.25) is 19.9 Å². The minimum atomic E-state index is -0.385. The van der Waals surface area contributed by atoms with Crippen LogP contribution in [0.15, 0.2) is 10.5 Å². The van der Waals surface area contributed by atoms with Gasteiger partial charge < -0.3 is 9.32 Å². The summed E-state index contributed by atoms with van der Waals surface area (Å²) in [6, 6.07) is 1.65. The van der Waals surface area contributed by atoms with E-state index in [1.54, 1.807) is 17.9 Å². The van der Waals surface area contributed by atoms with Crippen LogP contribution in [0.25, 0.3) is 0 Å². The summed E-state index contributed by atoms with van der Waals surface area (Å²) in [5, 5.41) is 0. The van der Waals surface area contributed by atoms with Gasteiger partial charge in [0.1, 0.15) is 11.5 Å². The first-order chi connectivity index (χ1) is 9.92. The number of hydrazine groups is 1. The number of rotatable bonds is 7. The summed E-state index contributed by atoms with van der Waals surface area (Å²) in [4.78, 5) is 27.1. The summed E-state index contributed by atoms with van der Waals surface area (Å²) in [5.74, 6) is 5.94. The molecule has 2 amide bonds. The number of nitrogen functional groups attached to an aromatic ring is 1. The fraction of sp³-hybridized carbons (Fsp3) is 0.571. The summed E-state index contributed by atoms with van der Waals surface area (Å²) in [5.41, 5.74) is 2.49. The Balaban J connectivity index is 2.65. The first kappa shape index (κ1) is 17.2. The normalized spacial score (nSPS) is 10.8. The molecule has 1 aromatic heterocycles. The first-order valence-corrected chi connectivity index (χ1v) is 6.99. The van der Waals surface area contributed by atoms with Gasteiger partial charge in [-0.15, -0.1) is 0 Å². The van der Waals surface area contributed by atoms with Crippen molar-refractivity contribution in [3.05, 3.63) is 23.2 Å². The molecule has 0 aliphatic rings. The van der Waals surface area contributed by atoms with Crippen LogP contribution < -0.4 is 11.3 Å². The second-order valence-electron chi connectivity index (χ2n) is 4.89. The molecule has 1 heterocycles. The molecule has 3 N–H and O–H groups in total. The monoisotopic (exact) mass is 296 g/mol. The summed E-state index contributed by atoms with van der Waals surface area (Å²) < 4.78 is 5.52. The van der Waals surface area contributed by atoms with E-state index in [-0.39, 0.29) is 11.8 Å². The van der Waals surface area contributed by atoms with E-state index in [1.807, 2.05) is 25.8 Å². The fourth-order valence-electron chi connectivity index (χ4n) is 2.15. The van der Waals surface area contributed by atoms with Crippen molar-refractivity contribution in [1.29, 1.82) is 0 Å². The van der Waals surface area contributed by atoms with Gasteiger partial charge in [-0.1, -0.05) is 0 Å². The summed E-state index contributed by atoms with van der Waals surface area (Å²) in [6.07, 6.45) is 0. The van der Waals surface area contributed by atoms with Crippen molar-refractivity contribution in [2.45, 2.75) is 27.3 Å². The molecule has 0 saturated heterocycles. The smallest absolute Gasteiger partial charge is 0.268 e. The van der Waals surface area contributed by atoms with Gasteiger partial charge in [0.05, 0.1) is 18.7 Å². The van der Waals surface area contributed by atoms with Gasteiger partial charge >= 0.3 is 0 Å². The highest BCUT2D eigenvalue weighted by atomic mass is 16.3. The molecule has 0 bridgehead atoms. The van der Waals surface area contributed by atoms with E-state index in [1.165, 1.54) is 0 Å². The van der Waals surface area contributed by atoms with E-state index in [0.717, 1.165) is 0 Å². The molecule has 0 aromatic carbocycles. The third kappa shape index (κ3) is 4.57. The zero-order valence-electron chi connectivity index (χ0n) is 13.1. The SMILES string of the molecule is CCN(CC)C(=O)CN(C)Cc1cc(C(=O)NN)c(C)o1. The fourth-order valence-corrected chi connectivity index (χ4v) is 2.15. The molecular weight excluding hydrogens is 272 g/mol. The number of aryl methyl sites for hydroxylation is 1. The third-order valence-electron chi connectivity index (χ3n) is 3.29. The average Bonchev–Trinajstić information content (AvgIpc) is 2.79. The molecule has 21 heavy (non-hydrogen) atoms. The van der Waals surface area contributed by atoms with Crippen LogP contribution in [0.5, 0.6) is 0 Å². The topological polar surface area (TPSA) is 91.8 Å². The van der Waals surface area contributed by atoms with Crippen molar-refractivity contribution in [2.24, 2.45) is 5.84 Å². The standard InChI is InChI=1S/C14H24N4O3/c1-5-18(6-2)13(19)9-17(4)8-11-7-12(10(3)21-11)14(20)16-15/h7H,5-6,8-9,15H2,1-4H3,(H,16,20). The summed E-state index contributed by atoms with van der Waals surface area (Å²) in [6.45, 7) is 7.76. The molecular formula is C14H24N4O3. The number of hydrogen-bond donors (Lipinski definition) is 2. The molecule has 0 fully saturated rings.